The Bertz CT molecular complexity index is 834. The fourth-order valence-corrected chi connectivity index (χ4v) is 3.42. The Morgan fingerprint density at radius 1 is 1.20 bits per heavy atom. The van der Waals surface area contributed by atoms with Crippen molar-refractivity contribution >= 4 is 11.9 Å². The molecule has 1 aliphatic heterocycles. The van der Waals surface area contributed by atoms with Gasteiger partial charge < -0.3 is 14.7 Å². The molecule has 1 aromatic carbocycles. The van der Waals surface area contributed by atoms with E-state index in [1.807, 2.05) is 32.0 Å². The number of rotatable bonds is 3. The largest absolute Gasteiger partial charge is 0.497 e. The molecule has 1 aromatic heterocycles. The molecule has 1 amide bonds. The number of amides is 1. The molecule has 2 heterocycles. The van der Waals surface area contributed by atoms with Gasteiger partial charge in [0.2, 0.25) is 0 Å². The van der Waals surface area contributed by atoms with Gasteiger partial charge in [0.25, 0.3) is 5.91 Å². The summed E-state index contributed by atoms with van der Waals surface area (Å²) in [6.45, 7) is 3.96. The number of benzene rings is 1. The maximum atomic E-state index is 13.0. The van der Waals surface area contributed by atoms with Crippen LogP contribution < -0.4 is 4.74 Å². The van der Waals surface area contributed by atoms with Gasteiger partial charge in [-0.2, -0.15) is 0 Å². The summed E-state index contributed by atoms with van der Waals surface area (Å²) in [5.41, 5.74) is 2.25. The van der Waals surface area contributed by atoms with E-state index in [1.54, 1.807) is 24.1 Å². The first-order valence-electron chi connectivity index (χ1n) is 8.12. The number of hydrogen-bond acceptors (Lipinski definition) is 4. The van der Waals surface area contributed by atoms with E-state index in [1.165, 1.54) is 6.07 Å². The van der Waals surface area contributed by atoms with Gasteiger partial charge in [-0.25, -0.2) is 9.78 Å². The molecule has 0 bridgehead atoms. The van der Waals surface area contributed by atoms with E-state index in [-0.39, 0.29) is 29.4 Å². The fraction of sp³-hybridized carbons (Fsp3) is 0.316. The van der Waals surface area contributed by atoms with Crippen LogP contribution in [0.3, 0.4) is 0 Å². The number of carbonyl (C=O) groups excluding carboxylic acids is 1. The molecule has 2 aromatic rings. The van der Waals surface area contributed by atoms with Crippen LogP contribution in [0.15, 0.2) is 36.4 Å². The summed E-state index contributed by atoms with van der Waals surface area (Å²) in [4.78, 5) is 29.8. The van der Waals surface area contributed by atoms with E-state index < -0.39 is 5.97 Å². The number of carboxylic acid groups (broad SMARTS) is 1. The summed E-state index contributed by atoms with van der Waals surface area (Å²) in [6.07, 6.45) is 0.710. The number of pyridine rings is 1. The molecule has 2 atom stereocenters. The minimum absolute atomic E-state index is 0.0302. The number of nitrogens with zero attached hydrogens (tertiary/aromatic N) is 2. The molecular formula is C19H20N2O4. The molecule has 0 spiro atoms. The number of hydrogen-bond donors (Lipinski definition) is 1. The molecule has 1 N–H and O–H groups in total. The van der Waals surface area contributed by atoms with Crippen LogP contribution in [0.5, 0.6) is 5.75 Å². The van der Waals surface area contributed by atoms with Crippen LogP contribution in [0.2, 0.25) is 0 Å². The Morgan fingerprint density at radius 3 is 2.60 bits per heavy atom. The lowest BCUT2D eigenvalue weighted by Gasteiger charge is -2.40. The quantitative estimate of drug-likeness (QED) is 0.929. The summed E-state index contributed by atoms with van der Waals surface area (Å²) in [6, 6.07) is 10.2. The van der Waals surface area contributed by atoms with Crippen molar-refractivity contribution in [2.24, 2.45) is 0 Å². The van der Waals surface area contributed by atoms with Gasteiger partial charge in [-0.15, -0.1) is 0 Å². The molecule has 130 valence electrons. The maximum Gasteiger partial charge on any atom is 0.354 e. The van der Waals surface area contributed by atoms with Crippen LogP contribution in [0.1, 0.15) is 52.0 Å². The van der Waals surface area contributed by atoms with Crippen molar-refractivity contribution in [2.75, 3.05) is 7.11 Å². The Kier molecular flexibility index (Phi) is 4.44. The summed E-state index contributed by atoms with van der Waals surface area (Å²) in [5, 5.41) is 9.09. The molecule has 6 nitrogen and oxygen atoms in total. The first-order chi connectivity index (χ1) is 11.9. The molecule has 0 radical (unpaired) electrons. The van der Waals surface area contributed by atoms with Crippen LogP contribution >= 0.6 is 0 Å². The van der Waals surface area contributed by atoms with E-state index >= 15 is 0 Å². The van der Waals surface area contributed by atoms with Crippen LogP contribution in [0, 0.1) is 0 Å². The number of carboxylic acids is 1. The summed E-state index contributed by atoms with van der Waals surface area (Å²) < 4.78 is 5.28. The third-order valence-electron chi connectivity index (χ3n) is 4.63. The molecule has 0 saturated heterocycles. The SMILES string of the molecule is COc1ccc2c(c1)CC(C)N(C(=O)c1cccc(C(=O)O)n1)C2C. The number of aromatic nitrogens is 1. The highest BCUT2D eigenvalue weighted by Gasteiger charge is 2.34. The topological polar surface area (TPSA) is 79.7 Å². The molecule has 0 saturated carbocycles. The predicted octanol–water partition coefficient (Wildman–Crippen LogP) is 2.94. The van der Waals surface area contributed by atoms with Crippen LogP contribution in [-0.2, 0) is 6.42 Å². The molecule has 0 aliphatic carbocycles. The Morgan fingerprint density at radius 2 is 1.92 bits per heavy atom. The predicted molar refractivity (Wildman–Crippen MR) is 91.9 cm³/mol. The molecule has 3 rings (SSSR count). The van der Waals surface area contributed by atoms with Crippen LogP contribution in [0.4, 0.5) is 0 Å². The smallest absolute Gasteiger partial charge is 0.354 e. The first kappa shape index (κ1) is 17.0. The second kappa shape index (κ2) is 6.55. The van der Waals surface area contributed by atoms with Crippen molar-refractivity contribution in [3.63, 3.8) is 0 Å². The third-order valence-corrected chi connectivity index (χ3v) is 4.63. The van der Waals surface area contributed by atoms with Gasteiger partial charge in [-0.1, -0.05) is 12.1 Å². The van der Waals surface area contributed by atoms with Crippen molar-refractivity contribution in [2.45, 2.75) is 32.4 Å². The van der Waals surface area contributed by atoms with Gasteiger partial charge in [0.05, 0.1) is 13.2 Å². The average Bonchev–Trinajstić information content (AvgIpc) is 2.61. The van der Waals surface area contributed by atoms with Crippen molar-refractivity contribution in [1.82, 2.24) is 9.88 Å². The van der Waals surface area contributed by atoms with Crippen LogP contribution in [-0.4, -0.2) is 40.0 Å². The van der Waals surface area contributed by atoms with Gasteiger partial charge in [0.15, 0.2) is 0 Å². The third kappa shape index (κ3) is 3.07. The van der Waals surface area contributed by atoms with E-state index in [0.29, 0.717) is 6.42 Å². The fourth-order valence-electron chi connectivity index (χ4n) is 3.42. The van der Waals surface area contributed by atoms with Crippen LogP contribution in [0.25, 0.3) is 0 Å². The van der Waals surface area contributed by atoms with E-state index in [9.17, 15) is 9.59 Å². The first-order valence-corrected chi connectivity index (χ1v) is 8.12. The zero-order valence-electron chi connectivity index (χ0n) is 14.4. The zero-order valence-corrected chi connectivity index (χ0v) is 14.4. The van der Waals surface area contributed by atoms with Gasteiger partial charge in [0, 0.05) is 6.04 Å². The number of methoxy groups -OCH3 is 1. The lowest BCUT2D eigenvalue weighted by Crippen LogP contribution is -2.45. The van der Waals surface area contributed by atoms with Crippen molar-refractivity contribution < 1.29 is 19.4 Å². The lowest BCUT2D eigenvalue weighted by molar-refractivity contribution is 0.0574. The van der Waals surface area contributed by atoms with Crippen molar-refractivity contribution in [3.8, 4) is 5.75 Å². The minimum Gasteiger partial charge on any atom is -0.497 e. The summed E-state index contributed by atoms with van der Waals surface area (Å²) >= 11 is 0. The van der Waals surface area contributed by atoms with Crippen molar-refractivity contribution in [3.05, 3.63) is 58.9 Å². The Labute approximate surface area is 146 Å². The van der Waals surface area contributed by atoms with E-state index in [4.69, 9.17) is 9.84 Å². The molecule has 1 aliphatic rings. The highest BCUT2D eigenvalue weighted by atomic mass is 16.5. The Hall–Kier alpha value is -2.89. The highest BCUT2D eigenvalue weighted by Crippen LogP contribution is 2.35. The summed E-state index contributed by atoms with van der Waals surface area (Å²) in [7, 11) is 1.63. The molecule has 6 heteroatoms. The number of carbonyl (C=O) groups is 2. The van der Waals surface area contributed by atoms with E-state index in [0.717, 1.165) is 16.9 Å². The second-order valence-electron chi connectivity index (χ2n) is 6.22. The molecule has 25 heavy (non-hydrogen) atoms. The van der Waals surface area contributed by atoms with Gasteiger partial charge in [0.1, 0.15) is 17.1 Å². The normalized spacial score (nSPS) is 19.2. The van der Waals surface area contributed by atoms with Crippen molar-refractivity contribution in [1.29, 1.82) is 0 Å². The van der Waals surface area contributed by atoms with Gasteiger partial charge >= 0.3 is 5.97 Å². The maximum absolute atomic E-state index is 13.0. The standard InChI is InChI=1S/C19H20N2O4/c1-11-9-13-10-14(25-3)7-8-15(13)12(2)21(11)18(22)16-5-4-6-17(20-16)19(23)24/h4-8,10-12H,9H2,1-3H3,(H,23,24). The van der Waals surface area contributed by atoms with Gasteiger partial charge in [-0.3, -0.25) is 4.79 Å². The number of fused-ring (bicyclic) bond motifs is 1. The molecule has 2 unspecified atom stereocenters. The average molecular weight is 340 g/mol. The summed E-state index contributed by atoms with van der Waals surface area (Å²) in [5.74, 6) is -0.606. The Balaban J connectivity index is 1.95. The zero-order chi connectivity index (χ0) is 18.1. The number of ether oxygens (including phenoxy) is 1. The van der Waals surface area contributed by atoms with Gasteiger partial charge in [-0.05, 0) is 55.7 Å². The minimum atomic E-state index is -1.15. The lowest BCUT2D eigenvalue weighted by atomic mass is 9.89. The molecule has 0 fully saturated rings. The second-order valence-corrected chi connectivity index (χ2v) is 6.22. The van der Waals surface area contributed by atoms with E-state index in [2.05, 4.69) is 4.98 Å². The number of aromatic carboxylic acids is 1. The monoisotopic (exact) mass is 340 g/mol. The highest BCUT2D eigenvalue weighted by molar-refractivity contribution is 5.94. The molecular weight excluding hydrogens is 320 g/mol.